The van der Waals surface area contributed by atoms with Crippen LogP contribution in [0.25, 0.3) is 11.0 Å². The van der Waals surface area contributed by atoms with Crippen LogP contribution >= 0.6 is 0 Å². The molecule has 1 saturated carbocycles. The molecule has 108 valence electrons. The lowest BCUT2D eigenvalue weighted by molar-refractivity contribution is -0.274. The van der Waals surface area contributed by atoms with Gasteiger partial charge in [0, 0.05) is 13.1 Å². The van der Waals surface area contributed by atoms with E-state index in [0.29, 0.717) is 17.5 Å². The number of alkyl halides is 3. The Morgan fingerprint density at radius 3 is 2.65 bits per heavy atom. The van der Waals surface area contributed by atoms with Crippen molar-refractivity contribution in [3.8, 4) is 5.75 Å². The summed E-state index contributed by atoms with van der Waals surface area (Å²) >= 11 is 0. The molecule has 2 aromatic rings. The summed E-state index contributed by atoms with van der Waals surface area (Å²) < 4.78 is 46.2. The highest BCUT2D eigenvalue weighted by Crippen LogP contribution is 2.49. The number of nitrogens with two attached hydrogens (primary N) is 1. The van der Waals surface area contributed by atoms with E-state index >= 15 is 0 Å². The van der Waals surface area contributed by atoms with Crippen LogP contribution in [-0.4, -0.2) is 26.5 Å². The lowest BCUT2D eigenvalue weighted by Gasteiger charge is -2.42. The zero-order valence-corrected chi connectivity index (χ0v) is 10.7. The van der Waals surface area contributed by atoms with Crippen molar-refractivity contribution in [3.63, 3.8) is 0 Å². The molecule has 1 aliphatic carbocycles. The van der Waals surface area contributed by atoms with Crippen molar-refractivity contribution in [1.29, 1.82) is 0 Å². The lowest BCUT2D eigenvalue weighted by Crippen LogP contribution is -2.55. The highest BCUT2D eigenvalue weighted by Gasteiger charge is 2.61. The molecule has 0 spiro atoms. The van der Waals surface area contributed by atoms with Gasteiger partial charge >= 0.3 is 6.18 Å². The van der Waals surface area contributed by atoms with Crippen molar-refractivity contribution in [3.05, 3.63) is 12.3 Å². The molecule has 20 heavy (non-hydrogen) atoms. The highest BCUT2D eigenvalue weighted by molar-refractivity contribution is 5.83. The number of aryl methyl sites for hydroxylation is 1. The normalized spacial score (nSPS) is 18.0. The minimum Gasteiger partial charge on any atom is -0.477 e. The number of anilines is 1. The number of fused-ring (bicyclic) bond motifs is 1. The molecule has 1 fully saturated rings. The maximum absolute atomic E-state index is 13.2. The van der Waals surface area contributed by atoms with Crippen LogP contribution in [0.2, 0.25) is 0 Å². The first-order valence-electron chi connectivity index (χ1n) is 6.16. The molecule has 5 nitrogen and oxygen atoms in total. The smallest absolute Gasteiger partial charge is 0.428 e. The van der Waals surface area contributed by atoms with E-state index in [-0.39, 0.29) is 24.4 Å². The molecule has 2 aromatic heterocycles. The van der Waals surface area contributed by atoms with Crippen molar-refractivity contribution in [2.75, 3.05) is 5.73 Å². The zero-order chi connectivity index (χ0) is 14.5. The fourth-order valence-electron chi connectivity index (χ4n) is 2.34. The van der Waals surface area contributed by atoms with Crippen LogP contribution in [0.3, 0.4) is 0 Å². The molecule has 2 heterocycles. The fourth-order valence-corrected chi connectivity index (χ4v) is 2.34. The third-order valence-corrected chi connectivity index (χ3v) is 3.67. The minimum atomic E-state index is -4.40. The average molecular weight is 286 g/mol. The van der Waals surface area contributed by atoms with Crippen LogP contribution in [0.4, 0.5) is 19.0 Å². The molecule has 1 aliphatic rings. The first-order valence-corrected chi connectivity index (χ1v) is 6.16. The van der Waals surface area contributed by atoms with Gasteiger partial charge in [0.25, 0.3) is 0 Å². The van der Waals surface area contributed by atoms with Crippen LogP contribution in [-0.2, 0) is 7.05 Å². The third kappa shape index (κ3) is 1.78. The van der Waals surface area contributed by atoms with E-state index in [9.17, 15) is 13.2 Å². The van der Waals surface area contributed by atoms with Gasteiger partial charge in [0.05, 0.1) is 11.6 Å². The number of halogens is 3. The second-order valence-electron chi connectivity index (χ2n) is 5.00. The average Bonchev–Trinajstić information content (AvgIpc) is 2.64. The third-order valence-electron chi connectivity index (χ3n) is 3.67. The number of nitrogens with zero attached hydrogens (tertiary/aromatic N) is 3. The summed E-state index contributed by atoms with van der Waals surface area (Å²) in [6, 6.07) is 1.32. The molecule has 2 N–H and O–H groups in total. The number of hydrogen-bond donors (Lipinski definition) is 1. The quantitative estimate of drug-likeness (QED) is 0.920. The van der Waals surface area contributed by atoms with Crippen molar-refractivity contribution in [1.82, 2.24) is 14.8 Å². The number of pyridine rings is 1. The second-order valence-corrected chi connectivity index (χ2v) is 5.00. The van der Waals surface area contributed by atoms with E-state index < -0.39 is 11.8 Å². The largest absolute Gasteiger partial charge is 0.477 e. The molecule has 0 saturated heterocycles. The van der Waals surface area contributed by atoms with Gasteiger partial charge in [0.1, 0.15) is 11.6 Å². The fraction of sp³-hybridized carbons (Fsp3) is 0.500. The monoisotopic (exact) mass is 286 g/mol. The zero-order valence-electron chi connectivity index (χ0n) is 10.7. The summed E-state index contributed by atoms with van der Waals surface area (Å²) in [5.41, 5.74) is 3.92. The standard InChI is InChI=1S/C12H13F3N4O/c1-19-10-7(6-17-19)8(5-9(16)18-10)20-11(3-2-4-11)12(13,14)15/h5-6H,2-4H2,1H3,(H2,16,18). The van der Waals surface area contributed by atoms with Gasteiger partial charge in [-0.2, -0.15) is 18.3 Å². The van der Waals surface area contributed by atoms with Crippen LogP contribution in [0, 0.1) is 0 Å². The lowest BCUT2D eigenvalue weighted by atomic mass is 9.79. The van der Waals surface area contributed by atoms with Crippen molar-refractivity contribution in [2.45, 2.75) is 31.0 Å². The predicted molar refractivity (Wildman–Crippen MR) is 66.2 cm³/mol. The summed E-state index contributed by atoms with van der Waals surface area (Å²) in [5, 5.41) is 4.40. The van der Waals surface area contributed by atoms with Gasteiger partial charge in [0.15, 0.2) is 5.65 Å². The van der Waals surface area contributed by atoms with Gasteiger partial charge in [-0.05, 0) is 19.3 Å². The number of aromatic nitrogens is 3. The molecular weight excluding hydrogens is 273 g/mol. The molecule has 0 amide bonds. The topological polar surface area (TPSA) is 66.0 Å². The number of nitrogen functional groups attached to an aromatic ring is 1. The molecule has 0 radical (unpaired) electrons. The first kappa shape index (κ1) is 13.0. The predicted octanol–water partition coefficient (Wildman–Crippen LogP) is 2.41. The Hall–Kier alpha value is -1.99. The first-order chi connectivity index (χ1) is 9.32. The molecule has 0 aliphatic heterocycles. The Bertz CT molecular complexity index is 661. The van der Waals surface area contributed by atoms with E-state index in [1.807, 2.05) is 0 Å². The van der Waals surface area contributed by atoms with Gasteiger partial charge in [-0.25, -0.2) is 4.98 Å². The van der Waals surface area contributed by atoms with E-state index in [0.717, 1.165) is 0 Å². The number of ether oxygens (including phenoxy) is 1. The minimum absolute atomic E-state index is 0.0412. The van der Waals surface area contributed by atoms with Crippen molar-refractivity contribution < 1.29 is 17.9 Å². The van der Waals surface area contributed by atoms with Crippen LogP contribution in [0.5, 0.6) is 5.75 Å². The van der Waals surface area contributed by atoms with Gasteiger partial charge in [-0.3, -0.25) is 4.68 Å². The molecule has 0 aromatic carbocycles. The highest BCUT2D eigenvalue weighted by atomic mass is 19.4. The van der Waals surface area contributed by atoms with Gasteiger partial charge in [-0.15, -0.1) is 0 Å². The maximum Gasteiger partial charge on any atom is 0.428 e. The molecule has 3 rings (SSSR count). The Morgan fingerprint density at radius 2 is 2.10 bits per heavy atom. The molecule has 0 atom stereocenters. The molecule has 8 heteroatoms. The number of hydrogen-bond acceptors (Lipinski definition) is 4. The Balaban J connectivity index is 2.07. The van der Waals surface area contributed by atoms with E-state index in [4.69, 9.17) is 10.5 Å². The Labute approximate surface area is 112 Å². The van der Waals surface area contributed by atoms with Crippen LogP contribution < -0.4 is 10.5 Å². The summed E-state index contributed by atoms with van der Waals surface area (Å²) in [4.78, 5) is 4.05. The van der Waals surface area contributed by atoms with Crippen molar-refractivity contribution >= 4 is 16.9 Å². The van der Waals surface area contributed by atoms with E-state index in [1.165, 1.54) is 16.9 Å². The van der Waals surface area contributed by atoms with Crippen LogP contribution in [0.15, 0.2) is 12.3 Å². The van der Waals surface area contributed by atoms with Crippen molar-refractivity contribution in [2.24, 2.45) is 7.05 Å². The summed E-state index contributed by atoms with van der Waals surface area (Å²) in [7, 11) is 1.64. The Morgan fingerprint density at radius 1 is 1.40 bits per heavy atom. The van der Waals surface area contributed by atoms with E-state index in [2.05, 4.69) is 10.1 Å². The second kappa shape index (κ2) is 4.00. The summed E-state index contributed by atoms with van der Waals surface area (Å²) in [5.74, 6) is 0.186. The molecule has 0 bridgehead atoms. The Kier molecular flexibility index (Phi) is 2.60. The maximum atomic E-state index is 13.2. The SMILES string of the molecule is Cn1ncc2c(OC3(C(F)(F)F)CCC3)cc(N)nc21. The van der Waals surface area contributed by atoms with Gasteiger partial charge in [-0.1, -0.05) is 0 Å². The molecular formula is C12H13F3N4O. The number of rotatable bonds is 2. The molecule has 0 unspecified atom stereocenters. The van der Waals surface area contributed by atoms with Gasteiger partial charge in [0.2, 0.25) is 5.60 Å². The summed E-state index contributed by atoms with van der Waals surface area (Å²) in [6.45, 7) is 0. The van der Waals surface area contributed by atoms with Crippen LogP contribution in [0.1, 0.15) is 19.3 Å². The van der Waals surface area contributed by atoms with Gasteiger partial charge < -0.3 is 10.5 Å². The van der Waals surface area contributed by atoms with E-state index in [1.54, 1.807) is 7.05 Å². The summed E-state index contributed by atoms with van der Waals surface area (Å²) in [6.07, 6.45) is -2.56.